The maximum atomic E-state index is 13.5. The molecule has 1 heterocycles. The van der Waals surface area contributed by atoms with Crippen LogP contribution in [-0.4, -0.2) is 52.4 Å². The highest BCUT2D eigenvalue weighted by Crippen LogP contribution is 2.67. The first-order valence-electron chi connectivity index (χ1n) is 12.9. The smallest absolute Gasteiger partial charge is 0.516 e. The quantitative estimate of drug-likeness (QED) is 0.410. The Balaban J connectivity index is 0.00000259. The molecule has 0 amide bonds. The van der Waals surface area contributed by atoms with Gasteiger partial charge in [0.15, 0.2) is 6.21 Å². The molecule has 0 saturated heterocycles. The second-order valence-electron chi connectivity index (χ2n) is 11.9. The first kappa shape index (κ1) is 25.5. The van der Waals surface area contributed by atoms with Crippen LogP contribution in [0, 0.1) is 40.4 Å². The molecule has 5 rings (SSSR count). The zero-order valence-corrected chi connectivity index (χ0v) is 22.0. The Morgan fingerprint density at radius 3 is 2.61 bits per heavy atom. The number of aliphatic imine (C=N–C) groups is 1. The fourth-order valence-corrected chi connectivity index (χ4v) is 8.95. The van der Waals surface area contributed by atoms with E-state index in [9.17, 15) is 15.0 Å². The number of carbonyl (C=O) groups excluding carboxylic acids is 1. The third-order valence-corrected chi connectivity index (χ3v) is 10.7. The number of rotatable bonds is 5. The second-order valence-corrected chi connectivity index (χ2v) is 11.9. The highest BCUT2D eigenvalue weighted by molar-refractivity contribution is 6.33. The molecule has 7 atom stereocenters. The summed E-state index contributed by atoms with van der Waals surface area (Å²) in [5.74, 6) is 3.63. The van der Waals surface area contributed by atoms with E-state index in [1.54, 1.807) is 6.21 Å². The largest absolute Gasteiger partial charge is 1.00 e. The average Bonchev–Trinajstić information content (AvgIpc) is 3.37. The van der Waals surface area contributed by atoms with Gasteiger partial charge in [0.2, 0.25) is 6.67 Å². The molecule has 186 valence electrons. The number of aliphatic hydroxyl groups is 2. The molecule has 4 aliphatic carbocycles. The number of methoxy groups -OCH3 is 1. The number of hydrogen-bond donors (Lipinski definition) is 2. The van der Waals surface area contributed by atoms with Crippen LogP contribution in [0.5, 0.6) is 0 Å². The van der Waals surface area contributed by atoms with Gasteiger partial charge < -0.3 is 17.0 Å². The SMILES string of the molecule is COC(O)(O)[N+]1=CC(CC(=O)[C@H]2CCC3C4CCC5CCCC[C@]5(C)C4CC[C@@]32C)=NC1.[Br-]. The lowest BCUT2D eigenvalue weighted by molar-refractivity contribution is -0.763. The van der Waals surface area contributed by atoms with Crippen molar-refractivity contribution in [3.8, 4) is 0 Å². The molecule has 4 fully saturated rings. The molecule has 0 bridgehead atoms. The van der Waals surface area contributed by atoms with Crippen LogP contribution in [0.3, 0.4) is 0 Å². The minimum absolute atomic E-state index is 0. The van der Waals surface area contributed by atoms with Crippen LogP contribution in [0.15, 0.2) is 4.99 Å². The van der Waals surface area contributed by atoms with Crippen molar-refractivity contribution in [3.05, 3.63) is 0 Å². The summed E-state index contributed by atoms with van der Waals surface area (Å²) in [6.45, 7) is 5.11. The Labute approximate surface area is 208 Å². The van der Waals surface area contributed by atoms with Crippen molar-refractivity contribution in [1.29, 1.82) is 0 Å². The molecule has 0 aromatic heterocycles. The van der Waals surface area contributed by atoms with E-state index in [2.05, 4.69) is 18.8 Å². The van der Waals surface area contributed by atoms with E-state index in [4.69, 9.17) is 4.74 Å². The number of ether oxygens (including phenoxy) is 1. The standard InChI is InChI=1S/C26H41N2O4.BrH/c1-24-12-5-4-6-17(24)7-8-19-20-9-10-22(25(20,2)13-11-21(19)24)23(29)14-18-15-28(16-27-18)26(30,31)32-3;/h15,17,19-22,30-31H,4-14,16H2,1-3H3;1H/q+1;/p-1/t17?,19?,20?,21?,22-,24+,25+;/m1./s1. The van der Waals surface area contributed by atoms with Crippen LogP contribution in [-0.2, 0) is 9.53 Å². The van der Waals surface area contributed by atoms with E-state index in [-0.39, 0.29) is 47.2 Å². The van der Waals surface area contributed by atoms with E-state index in [0.717, 1.165) is 24.2 Å². The number of hydrogen-bond acceptors (Lipinski definition) is 5. The van der Waals surface area contributed by atoms with Crippen LogP contribution >= 0.6 is 0 Å². The predicted octanol–water partition coefficient (Wildman–Crippen LogP) is 0.736. The Bertz CT molecular complexity index is 842. The molecule has 1 aliphatic heterocycles. The lowest BCUT2D eigenvalue weighted by Gasteiger charge is -2.60. The van der Waals surface area contributed by atoms with Gasteiger partial charge in [-0.1, -0.05) is 26.7 Å². The summed E-state index contributed by atoms with van der Waals surface area (Å²) < 4.78 is 5.92. The van der Waals surface area contributed by atoms with Gasteiger partial charge in [-0.25, -0.2) is 4.99 Å². The zero-order chi connectivity index (χ0) is 22.7. The Morgan fingerprint density at radius 1 is 1.09 bits per heavy atom. The van der Waals surface area contributed by atoms with Crippen LogP contribution in [0.25, 0.3) is 0 Å². The molecule has 6 nitrogen and oxygen atoms in total. The summed E-state index contributed by atoms with van der Waals surface area (Å²) in [7, 11) is 1.23. The molecule has 33 heavy (non-hydrogen) atoms. The maximum Gasteiger partial charge on any atom is 0.516 e. The molecule has 2 N–H and O–H groups in total. The lowest BCUT2D eigenvalue weighted by atomic mass is 9.45. The Hall–Kier alpha value is -0.630. The molecule has 4 saturated carbocycles. The van der Waals surface area contributed by atoms with Gasteiger partial charge in [-0.15, -0.1) is 4.58 Å². The summed E-state index contributed by atoms with van der Waals surface area (Å²) in [6.07, 6.45) is 12.6. The van der Waals surface area contributed by atoms with Gasteiger partial charge in [0, 0.05) is 13.0 Å². The van der Waals surface area contributed by atoms with Crippen LogP contribution in [0.1, 0.15) is 84.5 Å². The third-order valence-electron chi connectivity index (χ3n) is 10.7. The number of halogens is 1. The molecule has 7 heteroatoms. The molecule has 0 aromatic rings. The van der Waals surface area contributed by atoms with Crippen molar-refractivity contribution in [1.82, 2.24) is 0 Å². The van der Waals surface area contributed by atoms with Gasteiger partial charge >= 0.3 is 6.10 Å². The molecular formula is C26H41BrN2O4. The van der Waals surface area contributed by atoms with Crippen LogP contribution in [0.4, 0.5) is 0 Å². The van der Waals surface area contributed by atoms with E-state index in [1.165, 1.54) is 69.5 Å². The lowest BCUT2D eigenvalue weighted by Crippen LogP contribution is -3.00. The van der Waals surface area contributed by atoms with Crippen molar-refractivity contribution in [2.45, 2.75) is 90.6 Å². The van der Waals surface area contributed by atoms with Gasteiger partial charge in [-0.2, -0.15) is 0 Å². The monoisotopic (exact) mass is 524 g/mol. The molecule has 0 aromatic carbocycles. The number of Topliss-reactive ketones (excluding diaryl/α,β-unsaturated/α-hetero) is 1. The average molecular weight is 526 g/mol. The molecule has 0 radical (unpaired) electrons. The minimum atomic E-state index is -2.38. The highest BCUT2D eigenvalue weighted by atomic mass is 79.9. The van der Waals surface area contributed by atoms with Gasteiger partial charge in [-0.3, -0.25) is 19.7 Å². The van der Waals surface area contributed by atoms with Crippen molar-refractivity contribution in [2.75, 3.05) is 13.8 Å². The van der Waals surface area contributed by atoms with Crippen molar-refractivity contribution >= 4 is 17.7 Å². The molecule has 0 spiro atoms. The maximum absolute atomic E-state index is 13.5. The normalized spacial score (nSPS) is 42.4. The van der Waals surface area contributed by atoms with Crippen molar-refractivity contribution in [3.63, 3.8) is 0 Å². The summed E-state index contributed by atoms with van der Waals surface area (Å²) in [6, 6.07) is 0. The Kier molecular flexibility index (Phi) is 7.03. The van der Waals surface area contributed by atoms with Crippen molar-refractivity contribution in [2.24, 2.45) is 45.4 Å². The van der Waals surface area contributed by atoms with E-state index >= 15 is 0 Å². The highest BCUT2D eigenvalue weighted by Gasteiger charge is 2.60. The Morgan fingerprint density at radius 2 is 1.85 bits per heavy atom. The van der Waals surface area contributed by atoms with Crippen LogP contribution < -0.4 is 17.0 Å². The predicted molar refractivity (Wildman–Crippen MR) is 122 cm³/mol. The first-order chi connectivity index (χ1) is 15.2. The van der Waals surface area contributed by atoms with Gasteiger partial charge in [0.25, 0.3) is 0 Å². The number of ketones is 1. The molecule has 5 aliphatic rings. The fraction of sp³-hybridized carbons (Fsp3) is 0.885. The summed E-state index contributed by atoms with van der Waals surface area (Å²) in [5, 5.41) is 19.7. The van der Waals surface area contributed by atoms with Crippen molar-refractivity contribution < 1.29 is 41.3 Å². The minimum Gasteiger partial charge on any atom is -1.00 e. The molecule has 4 unspecified atom stereocenters. The first-order valence-corrected chi connectivity index (χ1v) is 12.9. The van der Waals surface area contributed by atoms with Gasteiger partial charge in [0.05, 0.1) is 6.42 Å². The summed E-state index contributed by atoms with van der Waals surface area (Å²) >= 11 is 0. The van der Waals surface area contributed by atoms with E-state index < -0.39 is 6.10 Å². The fourth-order valence-electron chi connectivity index (χ4n) is 8.95. The number of nitrogens with zero attached hydrogens (tertiary/aromatic N) is 2. The number of carbonyl (C=O) groups is 1. The third kappa shape index (κ3) is 4.09. The topological polar surface area (TPSA) is 82.1 Å². The summed E-state index contributed by atoms with van der Waals surface area (Å²) in [4.78, 5) is 17.8. The van der Waals surface area contributed by atoms with E-state index in [1.807, 2.05) is 0 Å². The second kappa shape index (κ2) is 9.11. The van der Waals surface area contributed by atoms with E-state index in [0.29, 0.717) is 17.0 Å². The number of fused-ring (bicyclic) bond motifs is 5. The van der Waals surface area contributed by atoms with Gasteiger partial charge in [-0.05, 0) is 85.9 Å². The molecular weight excluding hydrogens is 484 g/mol. The van der Waals surface area contributed by atoms with Gasteiger partial charge in [0.1, 0.15) is 11.5 Å². The zero-order valence-electron chi connectivity index (χ0n) is 20.4. The summed E-state index contributed by atoms with van der Waals surface area (Å²) in [5.41, 5.74) is 1.26. The van der Waals surface area contributed by atoms with Crippen LogP contribution in [0.2, 0.25) is 0 Å².